The van der Waals surface area contributed by atoms with Gasteiger partial charge in [-0.1, -0.05) is 60.7 Å². The third-order valence-corrected chi connectivity index (χ3v) is 4.77. The van der Waals surface area contributed by atoms with Crippen molar-refractivity contribution in [2.24, 2.45) is 0 Å². The molecule has 1 aliphatic heterocycles. The Bertz CT molecular complexity index is 588. The first-order valence-corrected chi connectivity index (χ1v) is 8.52. The molecular formula is C17H19N2O2S-. The van der Waals surface area contributed by atoms with Crippen molar-refractivity contribution in [1.82, 2.24) is 10.0 Å². The minimum absolute atomic E-state index is 0.0233. The van der Waals surface area contributed by atoms with Crippen molar-refractivity contribution in [3.8, 4) is 0 Å². The van der Waals surface area contributed by atoms with Crippen LogP contribution in [0.4, 0.5) is 0 Å². The van der Waals surface area contributed by atoms with Gasteiger partial charge < -0.3 is 9.87 Å². The highest BCUT2D eigenvalue weighted by Crippen LogP contribution is 2.36. The largest absolute Gasteiger partial charge is 0.760 e. The molecule has 0 radical (unpaired) electrons. The summed E-state index contributed by atoms with van der Waals surface area (Å²) in [7, 11) is 0. The molecule has 1 heterocycles. The minimum atomic E-state index is -2.37. The SMILES string of the molecule is O=S([O-])NC(c1ccccc1)(c1ccccc1)[C@H]1CCCN1. The lowest BCUT2D eigenvalue weighted by Gasteiger charge is -2.41. The molecule has 0 bridgehead atoms. The van der Waals surface area contributed by atoms with Crippen molar-refractivity contribution >= 4 is 11.3 Å². The topological polar surface area (TPSA) is 64.2 Å². The van der Waals surface area contributed by atoms with Crippen molar-refractivity contribution in [2.45, 2.75) is 24.4 Å². The van der Waals surface area contributed by atoms with Gasteiger partial charge in [-0.05, 0) is 30.5 Å². The Morgan fingerprint density at radius 2 is 1.59 bits per heavy atom. The molecule has 1 aliphatic rings. The maximum atomic E-state index is 11.6. The van der Waals surface area contributed by atoms with Crippen LogP contribution in [0.25, 0.3) is 0 Å². The molecule has 1 saturated heterocycles. The van der Waals surface area contributed by atoms with Crippen molar-refractivity contribution < 1.29 is 8.76 Å². The molecule has 0 aromatic heterocycles. The fraction of sp³-hybridized carbons (Fsp3) is 0.294. The van der Waals surface area contributed by atoms with E-state index < -0.39 is 16.8 Å². The van der Waals surface area contributed by atoms with Crippen molar-refractivity contribution in [3.05, 3.63) is 71.8 Å². The van der Waals surface area contributed by atoms with E-state index in [2.05, 4.69) is 10.0 Å². The van der Waals surface area contributed by atoms with Gasteiger partial charge >= 0.3 is 0 Å². The lowest BCUT2D eigenvalue weighted by Crippen LogP contribution is -2.56. The zero-order valence-electron chi connectivity index (χ0n) is 12.2. The Morgan fingerprint density at radius 1 is 1.05 bits per heavy atom. The number of nitrogens with one attached hydrogen (secondary N) is 2. The van der Waals surface area contributed by atoms with E-state index in [1.165, 1.54) is 0 Å². The van der Waals surface area contributed by atoms with Crippen LogP contribution in [0.1, 0.15) is 24.0 Å². The van der Waals surface area contributed by atoms with Gasteiger partial charge in [-0.2, -0.15) is 0 Å². The van der Waals surface area contributed by atoms with Crippen LogP contribution in [-0.2, 0) is 16.8 Å². The molecule has 3 rings (SSSR count). The predicted molar refractivity (Wildman–Crippen MR) is 86.7 cm³/mol. The Morgan fingerprint density at radius 3 is 2.00 bits per heavy atom. The molecule has 116 valence electrons. The van der Waals surface area contributed by atoms with Crippen LogP contribution in [0.5, 0.6) is 0 Å². The minimum Gasteiger partial charge on any atom is -0.760 e. The normalized spacial score (nSPS) is 20.0. The molecular weight excluding hydrogens is 296 g/mol. The average molecular weight is 315 g/mol. The number of rotatable bonds is 5. The Kier molecular flexibility index (Phi) is 4.69. The molecule has 0 saturated carbocycles. The molecule has 22 heavy (non-hydrogen) atoms. The highest BCUT2D eigenvalue weighted by Gasteiger charge is 2.43. The third kappa shape index (κ3) is 2.85. The second-order valence-corrected chi connectivity index (χ2v) is 6.20. The van der Waals surface area contributed by atoms with Gasteiger partial charge in [0.05, 0.1) is 5.54 Å². The van der Waals surface area contributed by atoms with Crippen molar-refractivity contribution in [3.63, 3.8) is 0 Å². The van der Waals surface area contributed by atoms with Gasteiger partial charge in [-0.25, -0.2) is 4.72 Å². The summed E-state index contributed by atoms with van der Waals surface area (Å²) in [6.45, 7) is 0.902. The second-order valence-electron chi connectivity index (χ2n) is 5.53. The molecule has 1 unspecified atom stereocenters. The van der Waals surface area contributed by atoms with E-state index in [4.69, 9.17) is 0 Å². The van der Waals surface area contributed by atoms with E-state index >= 15 is 0 Å². The van der Waals surface area contributed by atoms with Gasteiger partial charge in [0.15, 0.2) is 0 Å². The second kappa shape index (κ2) is 6.71. The van der Waals surface area contributed by atoms with Gasteiger partial charge in [0.25, 0.3) is 0 Å². The third-order valence-electron chi connectivity index (χ3n) is 4.29. The molecule has 0 aliphatic carbocycles. The summed E-state index contributed by atoms with van der Waals surface area (Å²) >= 11 is -2.37. The number of hydrogen-bond acceptors (Lipinski definition) is 3. The van der Waals surface area contributed by atoms with Gasteiger partial charge in [0.1, 0.15) is 0 Å². The van der Waals surface area contributed by atoms with Crippen LogP contribution in [0, 0.1) is 0 Å². The quantitative estimate of drug-likeness (QED) is 0.830. The lowest BCUT2D eigenvalue weighted by atomic mass is 9.77. The smallest absolute Gasteiger partial charge is 0.0948 e. The molecule has 2 aromatic carbocycles. The predicted octanol–water partition coefficient (Wildman–Crippen LogP) is 2.07. The number of hydrogen-bond donors (Lipinski definition) is 2. The standard InChI is InChI=1S/C17H20N2O2S/c20-22(21)19-17(16-12-7-13-18-16,14-8-3-1-4-9-14)15-10-5-2-6-11-15/h1-6,8-11,16,18-19H,7,12-13H2,(H,20,21)/p-1/t16-/m1/s1. The van der Waals surface area contributed by atoms with Crippen LogP contribution in [0.3, 0.4) is 0 Å². The van der Waals surface area contributed by atoms with E-state index in [1.807, 2.05) is 60.7 Å². The highest BCUT2D eigenvalue weighted by atomic mass is 32.2. The monoisotopic (exact) mass is 315 g/mol. The summed E-state index contributed by atoms with van der Waals surface area (Å²) in [6, 6.07) is 19.6. The average Bonchev–Trinajstić information content (AvgIpc) is 3.09. The maximum absolute atomic E-state index is 11.6. The lowest BCUT2D eigenvalue weighted by molar-refractivity contribution is 0.346. The van der Waals surface area contributed by atoms with Gasteiger partial charge in [-0.3, -0.25) is 4.21 Å². The molecule has 2 atom stereocenters. The van der Waals surface area contributed by atoms with E-state index in [-0.39, 0.29) is 6.04 Å². The maximum Gasteiger partial charge on any atom is 0.0948 e. The summed E-state index contributed by atoms with van der Waals surface area (Å²) in [4.78, 5) is 0. The van der Waals surface area contributed by atoms with E-state index in [9.17, 15) is 8.76 Å². The Hall–Kier alpha value is -1.53. The summed E-state index contributed by atoms with van der Waals surface area (Å²) < 4.78 is 26.0. The first-order valence-electron chi connectivity index (χ1n) is 7.45. The van der Waals surface area contributed by atoms with Crippen LogP contribution in [0.15, 0.2) is 60.7 Å². The van der Waals surface area contributed by atoms with Gasteiger partial charge in [-0.15, -0.1) is 0 Å². The summed E-state index contributed by atoms with van der Waals surface area (Å²) in [5.74, 6) is 0. The van der Waals surface area contributed by atoms with E-state index in [0.29, 0.717) is 0 Å². The summed E-state index contributed by atoms with van der Waals surface area (Å²) in [5, 5.41) is 3.46. The van der Waals surface area contributed by atoms with Crippen LogP contribution in [0.2, 0.25) is 0 Å². The highest BCUT2D eigenvalue weighted by molar-refractivity contribution is 7.77. The molecule has 2 N–H and O–H groups in total. The first kappa shape index (κ1) is 15.4. The molecule has 0 spiro atoms. The Balaban J connectivity index is 2.19. The summed E-state index contributed by atoms with van der Waals surface area (Å²) in [5.41, 5.74) is 1.11. The molecule has 5 heteroatoms. The van der Waals surface area contributed by atoms with Crippen LogP contribution in [-0.4, -0.2) is 21.3 Å². The molecule has 2 aromatic rings. The number of benzene rings is 2. The fourth-order valence-electron chi connectivity index (χ4n) is 3.35. The van der Waals surface area contributed by atoms with Gasteiger partial charge in [0.2, 0.25) is 0 Å². The zero-order chi connectivity index (χ0) is 15.4. The first-order chi connectivity index (χ1) is 10.7. The van der Waals surface area contributed by atoms with Crippen LogP contribution >= 0.6 is 0 Å². The van der Waals surface area contributed by atoms with Gasteiger partial charge in [0, 0.05) is 17.3 Å². The summed E-state index contributed by atoms with van der Waals surface area (Å²) in [6.07, 6.45) is 1.97. The van der Waals surface area contributed by atoms with Crippen molar-refractivity contribution in [1.29, 1.82) is 0 Å². The van der Waals surface area contributed by atoms with Crippen LogP contribution < -0.4 is 10.0 Å². The molecule has 1 fully saturated rings. The molecule has 0 amide bonds. The van der Waals surface area contributed by atoms with E-state index in [1.54, 1.807) is 0 Å². The Labute approximate surface area is 133 Å². The zero-order valence-corrected chi connectivity index (χ0v) is 13.0. The molecule has 4 nitrogen and oxygen atoms in total. The van der Waals surface area contributed by atoms with Crippen molar-refractivity contribution in [2.75, 3.05) is 6.54 Å². The van der Waals surface area contributed by atoms with E-state index in [0.717, 1.165) is 30.5 Å². The fourth-order valence-corrected chi connectivity index (χ4v) is 3.99.